The van der Waals surface area contributed by atoms with Gasteiger partial charge in [0.1, 0.15) is 5.69 Å². The highest BCUT2D eigenvalue weighted by atomic mass is 16.2. The monoisotopic (exact) mass is 306 g/mol. The number of likely N-dealkylation sites (tertiary alicyclic amines) is 1. The van der Waals surface area contributed by atoms with Gasteiger partial charge in [0.25, 0.3) is 5.91 Å². The van der Waals surface area contributed by atoms with Crippen molar-refractivity contribution >= 4 is 5.91 Å². The van der Waals surface area contributed by atoms with Crippen LogP contribution in [-0.4, -0.2) is 54.4 Å². The van der Waals surface area contributed by atoms with E-state index in [1.54, 1.807) is 19.0 Å². The minimum Gasteiger partial charge on any atom is -0.353 e. The molecule has 3 N–H and O–H groups in total. The molecule has 124 valence electrons. The highest BCUT2D eigenvalue weighted by Crippen LogP contribution is 2.34. The van der Waals surface area contributed by atoms with Gasteiger partial charge in [-0.05, 0) is 55.9 Å². The molecule has 2 heterocycles. The van der Waals surface area contributed by atoms with E-state index in [9.17, 15) is 4.79 Å². The number of piperidine rings is 1. The SMILES string of the molecule is CN(C)C(=O)c1ccc(CN2CCC(C(C)(C)CN)CC2)[nH]1. The first-order chi connectivity index (χ1) is 10.3. The number of nitrogens with one attached hydrogen (secondary N) is 1. The summed E-state index contributed by atoms with van der Waals surface area (Å²) < 4.78 is 0. The van der Waals surface area contributed by atoms with Crippen LogP contribution in [0, 0.1) is 11.3 Å². The summed E-state index contributed by atoms with van der Waals surface area (Å²) in [4.78, 5) is 19.2. The number of aromatic nitrogens is 1. The van der Waals surface area contributed by atoms with E-state index in [-0.39, 0.29) is 11.3 Å². The molecule has 1 aromatic rings. The van der Waals surface area contributed by atoms with E-state index in [1.165, 1.54) is 12.8 Å². The Morgan fingerprint density at radius 3 is 2.55 bits per heavy atom. The van der Waals surface area contributed by atoms with E-state index < -0.39 is 0 Å². The fourth-order valence-electron chi connectivity index (χ4n) is 3.18. The van der Waals surface area contributed by atoms with Crippen LogP contribution in [0.3, 0.4) is 0 Å². The van der Waals surface area contributed by atoms with Crippen molar-refractivity contribution in [3.8, 4) is 0 Å². The summed E-state index contributed by atoms with van der Waals surface area (Å²) in [7, 11) is 3.54. The van der Waals surface area contributed by atoms with Gasteiger partial charge in [0.2, 0.25) is 0 Å². The lowest BCUT2D eigenvalue weighted by molar-refractivity contribution is 0.0821. The predicted molar refractivity (Wildman–Crippen MR) is 89.6 cm³/mol. The first kappa shape index (κ1) is 17.0. The third kappa shape index (κ3) is 3.90. The lowest BCUT2D eigenvalue weighted by atomic mass is 9.74. The second-order valence-electron chi connectivity index (χ2n) is 7.34. The molecule has 1 aliphatic heterocycles. The number of rotatable bonds is 5. The largest absolute Gasteiger partial charge is 0.353 e. The Labute approximate surface area is 133 Å². The topological polar surface area (TPSA) is 65.4 Å². The van der Waals surface area contributed by atoms with E-state index in [2.05, 4.69) is 23.7 Å². The molecule has 1 fully saturated rings. The maximum atomic E-state index is 11.9. The second-order valence-corrected chi connectivity index (χ2v) is 7.34. The first-order valence-corrected chi connectivity index (χ1v) is 8.15. The predicted octanol–water partition coefficient (Wildman–Crippen LogP) is 1.91. The molecular weight excluding hydrogens is 276 g/mol. The van der Waals surface area contributed by atoms with Crippen LogP contribution in [0.4, 0.5) is 0 Å². The molecule has 0 radical (unpaired) electrons. The second kappa shape index (κ2) is 6.84. The lowest BCUT2D eigenvalue weighted by Crippen LogP contribution is -2.41. The van der Waals surface area contributed by atoms with Crippen molar-refractivity contribution < 1.29 is 4.79 Å². The number of carbonyl (C=O) groups excluding carboxylic acids is 1. The highest BCUT2D eigenvalue weighted by molar-refractivity contribution is 5.92. The molecule has 0 aromatic carbocycles. The van der Waals surface area contributed by atoms with Gasteiger partial charge in [-0.1, -0.05) is 13.8 Å². The van der Waals surface area contributed by atoms with Gasteiger partial charge in [0.05, 0.1) is 0 Å². The van der Waals surface area contributed by atoms with Crippen molar-refractivity contribution in [3.63, 3.8) is 0 Å². The van der Waals surface area contributed by atoms with Crippen molar-refractivity contribution in [2.24, 2.45) is 17.1 Å². The molecule has 0 aliphatic carbocycles. The number of hydrogen-bond donors (Lipinski definition) is 2. The molecule has 1 aliphatic rings. The third-order valence-corrected chi connectivity index (χ3v) is 5.00. The summed E-state index contributed by atoms with van der Waals surface area (Å²) in [6.45, 7) is 8.39. The summed E-state index contributed by atoms with van der Waals surface area (Å²) in [6, 6.07) is 3.90. The van der Waals surface area contributed by atoms with Gasteiger partial charge in [-0.2, -0.15) is 0 Å². The normalized spacial score (nSPS) is 17.7. The molecule has 5 nitrogen and oxygen atoms in total. The Morgan fingerprint density at radius 1 is 1.36 bits per heavy atom. The summed E-state index contributed by atoms with van der Waals surface area (Å²) in [6.07, 6.45) is 2.41. The maximum Gasteiger partial charge on any atom is 0.269 e. The van der Waals surface area contributed by atoms with Crippen LogP contribution < -0.4 is 5.73 Å². The average molecular weight is 306 g/mol. The molecule has 0 unspecified atom stereocenters. The van der Waals surface area contributed by atoms with E-state index in [1.807, 2.05) is 12.1 Å². The number of amides is 1. The van der Waals surface area contributed by atoms with Crippen LogP contribution >= 0.6 is 0 Å². The van der Waals surface area contributed by atoms with Gasteiger partial charge in [0.15, 0.2) is 0 Å². The lowest BCUT2D eigenvalue weighted by Gasteiger charge is -2.40. The Bertz CT molecular complexity index is 499. The number of aromatic amines is 1. The molecule has 5 heteroatoms. The highest BCUT2D eigenvalue weighted by Gasteiger charge is 2.31. The summed E-state index contributed by atoms with van der Waals surface area (Å²) in [5.74, 6) is 0.734. The fourth-order valence-corrected chi connectivity index (χ4v) is 3.18. The van der Waals surface area contributed by atoms with Gasteiger partial charge in [-0.15, -0.1) is 0 Å². The number of carbonyl (C=O) groups is 1. The standard InChI is InChI=1S/C17H30N4O/c1-17(2,12-18)13-7-9-21(10-8-13)11-14-5-6-15(19-14)16(22)20(3)4/h5-6,13,19H,7-12,18H2,1-4H3. The van der Waals surface area contributed by atoms with Crippen molar-refractivity contribution in [3.05, 3.63) is 23.5 Å². The van der Waals surface area contributed by atoms with Gasteiger partial charge in [0, 0.05) is 26.3 Å². The molecule has 22 heavy (non-hydrogen) atoms. The minimum atomic E-state index is 0.0228. The summed E-state index contributed by atoms with van der Waals surface area (Å²) in [5, 5.41) is 0. The molecule has 2 rings (SSSR count). The van der Waals surface area contributed by atoms with Crippen LogP contribution in [0.25, 0.3) is 0 Å². The number of H-pyrrole nitrogens is 1. The zero-order valence-corrected chi connectivity index (χ0v) is 14.4. The van der Waals surface area contributed by atoms with Gasteiger partial charge in [-0.25, -0.2) is 0 Å². The Kier molecular flexibility index (Phi) is 5.29. The molecule has 0 spiro atoms. The smallest absolute Gasteiger partial charge is 0.269 e. The Hall–Kier alpha value is -1.33. The van der Waals surface area contributed by atoms with Crippen LogP contribution in [0.2, 0.25) is 0 Å². The molecule has 0 bridgehead atoms. The number of nitrogens with two attached hydrogens (primary N) is 1. The number of hydrogen-bond acceptors (Lipinski definition) is 3. The summed E-state index contributed by atoms with van der Waals surface area (Å²) >= 11 is 0. The molecule has 0 atom stereocenters. The van der Waals surface area contributed by atoms with Gasteiger partial charge >= 0.3 is 0 Å². The minimum absolute atomic E-state index is 0.0228. The van der Waals surface area contributed by atoms with E-state index in [0.29, 0.717) is 11.6 Å². The molecule has 1 amide bonds. The van der Waals surface area contributed by atoms with E-state index >= 15 is 0 Å². The molecule has 1 aromatic heterocycles. The van der Waals surface area contributed by atoms with Gasteiger partial charge in [-0.3, -0.25) is 9.69 Å². The molecule has 0 saturated carbocycles. The van der Waals surface area contributed by atoms with Crippen LogP contribution in [0.5, 0.6) is 0 Å². The van der Waals surface area contributed by atoms with Crippen LogP contribution in [0.15, 0.2) is 12.1 Å². The van der Waals surface area contributed by atoms with E-state index in [0.717, 1.165) is 31.9 Å². The number of nitrogens with zero attached hydrogens (tertiary/aromatic N) is 2. The van der Waals surface area contributed by atoms with Crippen molar-refractivity contribution in [2.45, 2.75) is 33.2 Å². The van der Waals surface area contributed by atoms with Gasteiger partial charge < -0.3 is 15.6 Å². The van der Waals surface area contributed by atoms with Crippen LogP contribution in [0.1, 0.15) is 42.9 Å². The fraction of sp³-hybridized carbons (Fsp3) is 0.706. The van der Waals surface area contributed by atoms with Crippen molar-refractivity contribution in [1.29, 1.82) is 0 Å². The quantitative estimate of drug-likeness (QED) is 0.873. The van der Waals surface area contributed by atoms with Crippen molar-refractivity contribution in [1.82, 2.24) is 14.8 Å². The summed E-state index contributed by atoms with van der Waals surface area (Å²) in [5.41, 5.74) is 7.91. The molecule has 1 saturated heterocycles. The van der Waals surface area contributed by atoms with E-state index in [4.69, 9.17) is 5.73 Å². The zero-order chi connectivity index (χ0) is 16.3. The van der Waals surface area contributed by atoms with Crippen molar-refractivity contribution in [2.75, 3.05) is 33.7 Å². The molecular formula is C17H30N4O. The Morgan fingerprint density at radius 2 is 2.00 bits per heavy atom. The average Bonchev–Trinajstić information content (AvgIpc) is 2.95. The first-order valence-electron chi connectivity index (χ1n) is 8.15. The van der Waals surface area contributed by atoms with Crippen LogP contribution in [-0.2, 0) is 6.54 Å². The maximum absolute atomic E-state index is 11.9. The zero-order valence-electron chi connectivity index (χ0n) is 14.4. The third-order valence-electron chi connectivity index (χ3n) is 5.00. The Balaban J connectivity index is 1.88.